The lowest BCUT2D eigenvalue weighted by Crippen LogP contribution is -2.41. The number of carbonyl (C=O) groups is 1. The zero-order valence-electron chi connectivity index (χ0n) is 11.7. The molecule has 0 heterocycles. The Morgan fingerprint density at radius 3 is 2.58 bits per heavy atom. The fraction of sp³-hybridized carbons (Fsp3) is 0.562. The topological polar surface area (TPSA) is 40.5 Å². The fourth-order valence-corrected chi connectivity index (χ4v) is 3.17. The molecule has 1 aliphatic rings. The van der Waals surface area contributed by atoms with E-state index in [-0.39, 0.29) is 0 Å². The number of benzene rings is 1. The Kier molecular flexibility index (Phi) is 4.59. The summed E-state index contributed by atoms with van der Waals surface area (Å²) in [5, 5.41) is 9.55. The maximum Gasteiger partial charge on any atom is 0.325 e. The van der Waals surface area contributed by atoms with Gasteiger partial charge in [0.25, 0.3) is 0 Å². The van der Waals surface area contributed by atoms with Crippen LogP contribution in [0.1, 0.15) is 44.2 Å². The van der Waals surface area contributed by atoms with Crippen LogP contribution in [0, 0.1) is 5.92 Å². The van der Waals surface area contributed by atoms with Crippen molar-refractivity contribution >= 4 is 5.97 Å². The summed E-state index contributed by atoms with van der Waals surface area (Å²) >= 11 is 0. The number of rotatable bonds is 4. The molecule has 19 heavy (non-hydrogen) atoms. The number of aliphatic carboxylic acids is 1. The molecular weight excluding hydrogens is 238 g/mol. The number of hydrogen-bond acceptors (Lipinski definition) is 2. The molecule has 1 saturated carbocycles. The molecule has 0 aromatic heterocycles. The first-order valence-electron chi connectivity index (χ1n) is 7.09. The van der Waals surface area contributed by atoms with Gasteiger partial charge in [-0.05, 0) is 31.4 Å². The Labute approximate surface area is 115 Å². The Balaban J connectivity index is 2.17. The minimum Gasteiger partial charge on any atom is -0.480 e. The molecule has 3 nitrogen and oxygen atoms in total. The quantitative estimate of drug-likeness (QED) is 0.904. The smallest absolute Gasteiger partial charge is 0.325 e. The largest absolute Gasteiger partial charge is 0.480 e. The van der Waals surface area contributed by atoms with E-state index < -0.39 is 12.0 Å². The van der Waals surface area contributed by atoms with Crippen LogP contribution in [0.2, 0.25) is 0 Å². The summed E-state index contributed by atoms with van der Waals surface area (Å²) in [6, 6.07) is 9.39. The van der Waals surface area contributed by atoms with Gasteiger partial charge in [0.15, 0.2) is 0 Å². The van der Waals surface area contributed by atoms with Crippen LogP contribution in [-0.2, 0) is 4.79 Å². The Morgan fingerprint density at radius 2 is 2.00 bits per heavy atom. The van der Waals surface area contributed by atoms with Crippen LogP contribution in [0.4, 0.5) is 0 Å². The average molecular weight is 261 g/mol. The van der Waals surface area contributed by atoms with Gasteiger partial charge in [0, 0.05) is 6.04 Å². The summed E-state index contributed by atoms with van der Waals surface area (Å²) in [5.41, 5.74) is 0.871. The lowest BCUT2D eigenvalue weighted by atomic mass is 9.85. The van der Waals surface area contributed by atoms with E-state index >= 15 is 0 Å². The monoisotopic (exact) mass is 261 g/mol. The molecular formula is C16H23NO2. The van der Waals surface area contributed by atoms with Crippen LogP contribution in [0.5, 0.6) is 0 Å². The molecule has 3 unspecified atom stereocenters. The third-order valence-electron chi connectivity index (χ3n) is 4.24. The summed E-state index contributed by atoms with van der Waals surface area (Å²) < 4.78 is 0. The molecule has 1 fully saturated rings. The predicted molar refractivity (Wildman–Crippen MR) is 76.0 cm³/mol. The van der Waals surface area contributed by atoms with E-state index in [0.29, 0.717) is 12.0 Å². The zero-order chi connectivity index (χ0) is 13.8. The van der Waals surface area contributed by atoms with Crippen LogP contribution >= 0.6 is 0 Å². The molecule has 104 valence electrons. The highest BCUT2D eigenvalue weighted by molar-refractivity contribution is 5.75. The summed E-state index contributed by atoms with van der Waals surface area (Å²) in [7, 11) is 1.95. The van der Waals surface area contributed by atoms with Gasteiger partial charge in [-0.25, -0.2) is 0 Å². The van der Waals surface area contributed by atoms with Gasteiger partial charge in [-0.2, -0.15) is 0 Å². The van der Waals surface area contributed by atoms with E-state index in [2.05, 4.69) is 6.92 Å². The molecule has 0 spiro atoms. The normalized spacial score (nSPS) is 25.2. The maximum absolute atomic E-state index is 11.6. The number of nitrogens with zero attached hydrogens (tertiary/aromatic N) is 1. The van der Waals surface area contributed by atoms with Crippen molar-refractivity contribution in [3.8, 4) is 0 Å². The van der Waals surface area contributed by atoms with Gasteiger partial charge in [0.2, 0.25) is 0 Å². The molecule has 1 aromatic carbocycles. The summed E-state index contributed by atoms with van der Waals surface area (Å²) in [6.45, 7) is 2.26. The van der Waals surface area contributed by atoms with Gasteiger partial charge in [-0.1, -0.05) is 50.1 Å². The molecule has 3 atom stereocenters. The highest BCUT2D eigenvalue weighted by Gasteiger charge is 2.31. The first-order chi connectivity index (χ1) is 9.09. The lowest BCUT2D eigenvalue weighted by Gasteiger charge is -2.37. The molecule has 0 bridgehead atoms. The van der Waals surface area contributed by atoms with Crippen molar-refractivity contribution in [1.29, 1.82) is 0 Å². The summed E-state index contributed by atoms with van der Waals surface area (Å²) in [6.07, 6.45) is 4.69. The third kappa shape index (κ3) is 3.35. The van der Waals surface area contributed by atoms with Crippen LogP contribution in [0.3, 0.4) is 0 Å². The molecule has 1 N–H and O–H groups in total. The molecule has 1 aromatic rings. The summed E-state index contributed by atoms with van der Waals surface area (Å²) in [5.74, 6) is -0.0571. The molecule has 2 rings (SSSR count). The second kappa shape index (κ2) is 6.20. The second-order valence-corrected chi connectivity index (χ2v) is 5.74. The van der Waals surface area contributed by atoms with Crippen molar-refractivity contribution in [2.24, 2.45) is 5.92 Å². The van der Waals surface area contributed by atoms with Crippen LogP contribution in [0.15, 0.2) is 30.3 Å². The number of carboxylic acid groups (broad SMARTS) is 1. The molecule has 0 amide bonds. The Morgan fingerprint density at radius 1 is 1.32 bits per heavy atom. The van der Waals surface area contributed by atoms with Gasteiger partial charge >= 0.3 is 5.97 Å². The zero-order valence-corrected chi connectivity index (χ0v) is 11.7. The van der Waals surface area contributed by atoms with Gasteiger partial charge in [-0.3, -0.25) is 9.69 Å². The number of likely N-dealkylation sites (N-methyl/N-ethyl adjacent to an activating group) is 1. The van der Waals surface area contributed by atoms with Crippen molar-refractivity contribution in [3.63, 3.8) is 0 Å². The van der Waals surface area contributed by atoms with Gasteiger partial charge in [0.1, 0.15) is 6.04 Å². The standard InChI is InChI=1S/C16H23NO2/c1-12-7-6-10-14(11-12)17(2)15(16(18)19)13-8-4-3-5-9-13/h3-5,8-9,12,14-15H,6-7,10-11H2,1-2H3,(H,18,19). The van der Waals surface area contributed by atoms with Gasteiger partial charge < -0.3 is 5.11 Å². The minimum absolute atomic E-state index is 0.380. The van der Waals surface area contributed by atoms with Gasteiger partial charge in [-0.15, -0.1) is 0 Å². The van der Waals surface area contributed by atoms with E-state index in [1.807, 2.05) is 42.3 Å². The van der Waals surface area contributed by atoms with E-state index in [9.17, 15) is 9.90 Å². The number of hydrogen-bond donors (Lipinski definition) is 1. The van der Waals surface area contributed by atoms with Crippen molar-refractivity contribution in [2.75, 3.05) is 7.05 Å². The lowest BCUT2D eigenvalue weighted by molar-refractivity contribution is -0.144. The fourth-order valence-electron chi connectivity index (χ4n) is 3.17. The highest BCUT2D eigenvalue weighted by atomic mass is 16.4. The van der Waals surface area contributed by atoms with Crippen LogP contribution < -0.4 is 0 Å². The molecule has 3 heteroatoms. The van der Waals surface area contributed by atoms with Crippen molar-refractivity contribution < 1.29 is 9.90 Å². The van der Waals surface area contributed by atoms with Crippen LogP contribution in [0.25, 0.3) is 0 Å². The summed E-state index contributed by atoms with van der Waals surface area (Å²) in [4.78, 5) is 13.7. The Bertz CT molecular complexity index is 418. The van der Waals surface area contributed by atoms with Crippen LogP contribution in [-0.4, -0.2) is 29.1 Å². The third-order valence-corrected chi connectivity index (χ3v) is 4.24. The molecule has 0 radical (unpaired) electrons. The minimum atomic E-state index is -0.757. The average Bonchev–Trinajstić information content (AvgIpc) is 2.39. The van der Waals surface area contributed by atoms with E-state index in [0.717, 1.165) is 18.4 Å². The maximum atomic E-state index is 11.6. The van der Waals surface area contributed by atoms with Crippen molar-refractivity contribution in [1.82, 2.24) is 4.90 Å². The molecule has 0 aliphatic heterocycles. The molecule has 0 saturated heterocycles. The first-order valence-corrected chi connectivity index (χ1v) is 7.09. The van der Waals surface area contributed by atoms with E-state index in [1.165, 1.54) is 12.8 Å². The Hall–Kier alpha value is -1.35. The van der Waals surface area contributed by atoms with E-state index in [1.54, 1.807) is 0 Å². The van der Waals surface area contributed by atoms with E-state index in [4.69, 9.17) is 0 Å². The predicted octanol–water partition coefficient (Wildman–Crippen LogP) is 3.32. The molecule has 1 aliphatic carbocycles. The SMILES string of the molecule is CC1CCCC(N(C)C(C(=O)O)c2ccccc2)C1. The van der Waals surface area contributed by atoms with Crippen molar-refractivity contribution in [2.45, 2.75) is 44.7 Å². The second-order valence-electron chi connectivity index (χ2n) is 5.74. The highest BCUT2D eigenvalue weighted by Crippen LogP contribution is 2.31. The van der Waals surface area contributed by atoms with Crippen molar-refractivity contribution in [3.05, 3.63) is 35.9 Å². The number of carboxylic acids is 1. The first kappa shape index (κ1) is 14.1. The van der Waals surface area contributed by atoms with Gasteiger partial charge in [0.05, 0.1) is 0 Å².